The van der Waals surface area contributed by atoms with Crippen molar-refractivity contribution in [1.82, 2.24) is 15.5 Å². The van der Waals surface area contributed by atoms with Crippen LogP contribution in [0.5, 0.6) is 0 Å². The lowest BCUT2D eigenvalue weighted by molar-refractivity contribution is 0.0909. The number of carbonyl (C=O) groups is 1. The molecule has 2 bridgehead atoms. The van der Waals surface area contributed by atoms with Crippen molar-refractivity contribution in [1.29, 1.82) is 0 Å². The van der Waals surface area contributed by atoms with Crippen molar-refractivity contribution in [3.63, 3.8) is 0 Å². The average molecular weight is 274 g/mol. The first kappa shape index (κ1) is 13.3. The van der Waals surface area contributed by atoms with E-state index in [0.29, 0.717) is 17.4 Å². The van der Waals surface area contributed by atoms with E-state index in [0.717, 1.165) is 11.8 Å². The van der Waals surface area contributed by atoms with E-state index in [1.807, 2.05) is 0 Å². The maximum atomic E-state index is 12.2. The third kappa shape index (κ3) is 2.49. The average Bonchev–Trinajstić information content (AvgIpc) is 3.10. The molecule has 2 aliphatic rings. The van der Waals surface area contributed by atoms with Crippen molar-refractivity contribution in [3.8, 4) is 0 Å². The summed E-state index contributed by atoms with van der Waals surface area (Å²) in [5.74, 6) is 2.91. The Hall–Kier alpha value is -1.65. The minimum Gasteiger partial charge on any atom is -0.372 e. The number of anilines is 1. The standard InChI is InChI=1S/C15H22N4O/c1-9(12-8-10-3-4-11(12)7-10)17-15(20)13-5-6-14(16-2)19-18-13/h5-6,9-12H,3-4,7-8H2,1-2H3,(H,16,19)(H,17,20). The Balaban J connectivity index is 1.60. The molecule has 3 rings (SSSR count). The minimum absolute atomic E-state index is 0.115. The molecule has 0 saturated heterocycles. The zero-order valence-corrected chi connectivity index (χ0v) is 12.1. The summed E-state index contributed by atoms with van der Waals surface area (Å²) in [4.78, 5) is 12.2. The number of aromatic nitrogens is 2. The molecule has 108 valence electrons. The highest BCUT2D eigenvalue weighted by Crippen LogP contribution is 2.49. The van der Waals surface area contributed by atoms with Gasteiger partial charge in [-0.25, -0.2) is 0 Å². The van der Waals surface area contributed by atoms with E-state index < -0.39 is 0 Å². The number of fused-ring (bicyclic) bond motifs is 2. The zero-order chi connectivity index (χ0) is 14.1. The van der Waals surface area contributed by atoms with Crippen molar-refractivity contribution in [2.45, 2.75) is 38.6 Å². The fraction of sp³-hybridized carbons (Fsp3) is 0.667. The Morgan fingerprint density at radius 1 is 1.30 bits per heavy atom. The quantitative estimate of drug-likeness (QED) is 0.882. The number of nitrogens with zero attached hydrogens (tertiary/aromatic N) is 2. The fourth-order valence-corrected chi connectivity index (χ4v) is 3.88. The molecule has 1 aromatic heterocycles. The molecule has 5 nitrogen and oxygen atoms in total. The van der Waals surface area contributed by atoms with Crippen molar-refractivity contribution in [2.24, 2.45) is 17.8 Å². The highest BCUT2D eigenvalue weighted by Gasteiger charge is 2.42. The van der Waals surface area contributed by atoms with Crippen LogP contribution in [0, 0.1) is 17.8 Å². The first-order valence-corrected chi connectivity index (χ1v) is 7.49. The molecule has 4 atom stereocenters. The summed E-state index contributed by atoms with van der Waals surface area (Å²) >= 11 is 0. The molecule has 1 heterocycles. The molecule has 2 saturated carbocycles. The second-order valence-corrected chi connectivity index (χ2v) is 6.15. The van der Waals surface area contributed by atoms with Crippen molar-refractivity contribution in [2.75, 3.05) is 12.4 Å². The Morgan fingerprint density at radius 3 is 2.70 bits per heavy atom. The molecule has 0 aliphatic heterocycles. The van der Waals surface area contributed by atoms with Crippen LogP contribution in [-0.2, 0) is 0 Å². The van der Waals surface area contributed by atoms with Gasteiger partial charge in [-0.1, -0.05) is 6.42 Å². The third-order valence-electron chi connectivity index (χ3n) is 4.95. The van der Waals surface area contributed by atoms with Crippen molar-refractivity contribution in [3.05, 3.63) is 17.8 Å². The fourth-order valence-electron chi connectivity index (χ4n) is 3.88. The smallest absolute Gasteiger partial charge is 0.272 e. The number of hydrogen-bond donors (Lipinski definition) is 2. The number of rotatable bonds is 4. The van der Waals surface area contributed by atoms with Gasteiger partial charge in [0.25, 0.3) is 5.91 Å². The summed E-state index contributed by atoms with van der Waals surface area (Å²) in [6.45, 7) is 2.12. The monoisotopic (exact) mass is 274 g/mol. The lowest BCUT2D eigenvalue weighted by atomic mass is 9.84. The molecule has 0 radical (unpaired) electrons. The van der Waals surface area contributed by atoms with E-state index in [1.165, 1.54) is 25.7 Å². The van der Waals surface area contributed by atoms with Gasteiger partial charge in [0.05, 0.1) is 0 Å². The summed E-state index contributed by atoms with van der Waals surface area (Å²) in [6.07, 6.45) is 5.36. The number of nitrogens with one attached hydrogen (secondary N) is 2. The van der Waals surface area contributed by atoms with E-state index >= 15 is 0 Å². The lowest BCUT2D eigenvalue weighted by Crippen LogP contribution is -2.40. The van der Waals surface area contributed by atoms with Crippen LogP contribution in [0.1, 0.15) is 43.1 Å². The SMILES string of the molecule is CNc1ccc(C(=O)NC(C)C2CC3CCC2C3)nn1. The van der Waals surface area contributed by atoms with Crippen molar-refractivity contribution < 1.29 is 4.79 Å². The van der Waals surface area contributed by atoms with Gasteiger partial charge in [0.2, 0.25) is 0 Å². The minimum atomic E-state index is -0.115. The predicted octanol–water partition coefficient (Wildman–Crippen LogP) is 2.07. The maximum Gasteiger partial charge on any atom is 0.272 e. The highest BCUT2D eigenvalue weighted by atomic mass is 16.2. The third-order valence-corrected chi connectivity index (χ3v) is 4.95. The van der Waals surface area contributed by atoms with E-state index in [2.05, 4.69) is 27.8 Å². The van der Waals surface area contributed by atoms with Crippen LogP contribution in [0.25, 0.3) is 0 Å². The van der Waals surface area contributed by atoms with Crippen LogP contribution in [0.15, 0.2) is 12.1 Å². The summed E-state index contributed by atoms with van der Waals surface area (Å²) in [6, 6.07) is 3.70. The largest absolute Gasteiger partial charge is 0.372 e. The molecule has 2 N–H and O–H groups in total. The van der Waals surface area contributed by atoms with Gasteiger partial charge in [-0.05, 0) is 56.1 Å². The Bertz CT molecular complexity index is 487. The Labute approximate surface area is 119 Å². The second kappa shape index (κ2) is 5.38. The van der Waals surface area contributed by atoms with Crippen LogP contribution in [0.2, 0.25) is 0 Å². The van der Waals surface area contributed by atoms with E-state index in [9.17, 15) is 4.79 Å². The van der Waals surface area contributed by atoms with Gasteiger partial charge in [0.15, 0.2) is 5.69 Å². The highest BCUT2D eigenvalue weighted by molar-refractivity contribution is 5.92. The molecule has 0 spiro atoms. The van der Waals surface area contributed by atoms with Gasteiger partial charge in [-0.2, -0.15) is 0 Å². The summed E-state index contributed by atoms with van der Waals surface area (Å²) < 4.78 is 0. The topological polar surface area (TPSA) is 66.9 Å². The molecule has 20 heavy (non-hydrogen) atoms. The maximum absolute atomic E-state index is 12.2. The normalized spacial score (nSPS) is 29.2. The second-order valence-electron chi connectivity index (χ2n) is 6.15. The summed E-state index contributed by atoms with van der Waals surface area (Å²) in [5, 5.41) is 13.9. The predicted molar refractivity (Wildman–Crippen MR) is 77.4 cm³/mol. The number of amides is 1. The van der Waals surface area contributed by atoms with Crippen LogP contribution >= 0.6 is 0 Å². The summed E-state index contributed by atoms with van der Waals surface area (Å²) in [7, 11) is 1.78. The Morgan fingerprint density at radius 2 is 2.15 bits per heavy atom. The molecule has 5 heteroatoms. The van der Waals surface area contributed by atoms with Gasteiger partial charge in [0.1, 0.15) is 5.82 Å². The van der Waals surface area contributed by atoms with Crippen LogP contribution in [-0.4, -0.2) is 29.2 Å². The summed E-state index contributed by atoms with van der Waals surface area (Å²) in [5.41, 5.74) is 0.388. The van der Waals surface area contributed by atoms with Gasteiger partial charge < -0.3 is 10.6 Å². The van der Waals surface area contributed by atoms with Gasteiger partial charge in [-0.3, -0.25) is 4.79 Å². The first-order chi connectivity index (χ1) is 9.67. The molecule has 1 aromatic rings. The van der Waals surface area contributed by atoms with Crippen LogP contribution < -0.4 is 10.6 Å². The molecule has 2 fully saturated rings. The number of hydrogen-bond acceptors (Lipinski definition) is 4. The molecular weight excluding hydrogens is 252 g/mol. The van der Waals surface area contributed by atoms with Crippen LogP contribution in [0.3, 0.4) is 0 Å². The molecule has 1 amide bonds. The van der Waals surface area contributed by atoms with Gasteiger partial charge in [-0.15, -0.1) is 10.2 Å². The molecule has 2 aliphatic carbocycles. The number of carbonyl (C=O) groups excluding carboxylic acids is 1. The first-order valence-electron chi connectivity index (χ1n) is 7.49. The lowest BCUT2D eigenvalue weighted by Gasteiger charge is -2.28. The Kier molecular flexibility index (Phi) is 3.59. The van der Waals surface area contributed by atoms with Gasteiger partial charge >= 0.3 is 0 Å². The van der Waals surface area contributed by atoms with Gasteiger partial charge in [0, 0.05) is 13.1 Å². The van der Waals surface area contributed by atoms with Crippen molar-refractivity contribution >= 4 is 11.7 Å². The zero-order valence-electron chi connectivity index (χ0n) is 12.1. The van der Waals surface area contributed by atoms with E-state index in [4.69, 9.17) is 0 Å². The molecular formula is C15H22N4O. The van der Waals surface area contributed by atoms with E-state index in [1.54, 1.807) is 19.2 Å². The van der Waals surface area contributed by atoms with E-state index in [-0.39, 0.29) is 11.9 Å². The molecule has 0 aromatic carbocycles. The molecule has 4 unspecified atom stereocenters. The van der Waals surface area contributed by atoms with Crippen LogP contribution in [0.4, 0.5) is 5.82 Å².